The highest BCUT2D eigenvalue weighted by Gasteiger charge is 2.22. The lowest BCUT2D eigenvalue weighted by atomic mass is 9.88. The molecular weight excluding hydrogens is 288 g/mol. The largest absolute Gasteiger partial charge is 0.370 e. The van der Waals surface area contributed by atoms with Crippen molar-refractivity contribution in [3.63, 3.8) is 0 Å². The van der Waals surface area contributed by atoms with Crippen molar-refractivity contribution in [1.82, 2.24) is 9.97 Å². The number of rotatable bonds is 4. The minimum Gasteiger partial charge on any atom is -0.370 e. The van der Waals surface area contributed by atoms with Crippen LogP contribution < -0.4 is 5.56 Å². The highest BCUT2D eigenvalue weighted by Crippen LogP contribution is 2.26. The maximum atomic E-state index is 12.3. The maximum Gasteiger partial charge on any atom is 0.258 e. The average molecular weight is 314 g/mol. The number of benzene rings is 1. The van der Waals surface area contributed by atoms with Gasteiger partial charge in [-0.3, -0.25) is 4.79 Å². The van der Waals surface area contributed by atoms with E-state index in [4.69, 9.17) is 4.74 Å². The quantitative estimate of drug-likeness (QED) is 0.922. The van der Waals surface area contributed by atoms with Gasteiger partial charge >= 0.3 is 0 Å². The van der Waals surface area contributed by atoms with Crippen molar-refractivity contribution in [3.8, 4) is 0 Å². The molecule has 2 aromatic rings. The highest BCUT2D eigenvalue weighted by molar-refractivity contribution is 5.78. The summed E-state index contributed by atoms with van der Waals surface area (Å²) in [4.78, 5) is 19.8. The fraction of sp³-hybridized carbons (Fsp3) is 0.579. The normalized spacial score (nSPS) is 21.9. The lowest BCUT2D eigenvalue weighted by Gasteiger charge is -2.28. The van der Waals surface area contributed by atoms with E-state index in [0.717, 1.165) is 17.5 Å². The van der Waals surface area contributed by atoms with E-state index in [9.17, 15) is 4.79 Å². The molecule has 4 heteroatoms. The van der Waals surface area contributed by atoms with E-state index >= 15 is 0 Å². The van der Waals surface area contributed by atoms with Crippen LogP contribution in [0.5, 0.6) is 0 Å². The predicted octanol–water partition coefficient (Wildman–Crippen LogP) is 4.14. The number of hydrogen-bond donors (Lipinski definition) is 1. The van der Waals surface area contributed by atoms with E-state index in [1.165, 1.54) is 19.3 Å². The van der Waals surface area contributed by atoms with Gasteiger partial charge < -0.3 is 9.72 Å². The molecule has 2 unspecified atom stereocenters. The molecule has 2 atom stereocenters. The zero-order valence-corrected chi connectivity index (χ0v) is 14.3. The molecule has 1 fully saturated rings. The second-order valence-electron chi connectivity index (χ2n) is 7.06. The Bertz CT molecular complexity index is 736. The van der Waals surface area contributed by atoms with Crippen LogP contribution in [0.4, 0.5) is 0 Å². The molecule has 1 N–H and O–H groups in total. The second-order valence-corrected chi connectivity index (χ2v) is 7.06. The van der Waals surface area contributed by atoms with Crippen LogP contribution in [-0.2, 0) is 11.3 Å². The van der Waals surface area contributed by atoms with Gasteiger partial charge in [0, 0.05) is 0 Å². The summed E-state index contributed by atoms with van der Waals surface area (Å²) in [5.74, 6) is 1.61. The summed E-state index contributed by atoms with van der Waals surface area (Å²) in [6.45, 7) is 6.87. The minimum absolute atomic E-state index is 0.0761. The van der Waals surface area contributed by atoms with E-state index in [1.807, 2.05) is 18.2 Å². The molecule has 23 heavy (non-hydrogen) atoms. The molecule has 1 aromatic carbocycles. The van der Waals surface area contributed by atoms with Crippen LogP contribution in [-0.4, -0.2) is 16.1 Å². The minimum atomic E-state index is -0.0761. The fourth-order valence-electron chi connectivity index (χ4n) is 3.35. The Morgan fingerprint density at radius 2 is 2.09 bits per heavy atom. The average Bonchev–Trinajstić information content (AvgIpc) is 2.54. The molecule has 1 aromatic heterocycles. The monoisotopic (exact) mass is 314 g/mol. The van der Waals surface area contributed by atoms with E-state index in [-0.39, 0.29) is 11.7 Å². The lowest BCUT2D eigenvalue weighted by Crippen LogP contribution is -2.26. The Labute approximate surface area is 137 Å². The predicted molar refractivity (Wildman–Crippen MR) is 92.7 cm³/mol. The molecule has 1 heterocycles. The van der Waals surface area contributed by atoms with Gasteiger partial charge in [-0.2, -0.15) is 0 Å². The topological polar surface area (TPSA) is 55.0 Å². The molecular formula is C19H26N2O2. The van der Waals surface area contributed by atoms with Crippen LogP contribution >= 0.6 is 0 Å². The smallest absolute Gasteiger partial charge is 0.258 e. The molecule has 4 nitrogen and oxygen atoms in total. The van der Waals surface area contributed by atoms with Crippen molar-refractivity contribution in [2.75, 3.05) is 0 Å². The summed E-state index contributed by atoms with van der Waals surface area (Å²) in [6.07, 6.45) is 5.15. The van der Waals surface area contributed by atoms with Crippen LogP contribution in [0.3, 0.4) is 0 Å². The number of aromatic amines is 1. The van der Waals surface area contributed by atoms with Gasteiger partial charge in [0.2, 0.25) is 0 Å². The first-order valence-electron chi connectivity index (χ1n) is 8.69. The molecule has 3 rings (SSSR count). The number of nitrogens with zero attached hydrogens (tertiary/aromatic N) is 1. The number of ether oxygens (including phenoxy) is 1. The van der Waals surface area contributed by atoms with Crippen LogP contribution in [0.15, 0.2) is 23.0 Å². The SMILES string of the molecule is CC(C)c1ccc2nc(COC3CCCCC3C)[nH]c(=O)c2c1. The highest BCUT2D eigenvalue weighted by atomic mass is 16.5. The van der Waals surface area contributed by atoms with Gasteiger partial charge in [-0.05, 0) is 42.4 Å². The van der Waals surface area contributed by atoms with Gasteiger partial charge in [0.25, 0.3) is 5.56 Å². The summed E-state index contributed by atoms with van der Waals surface area (Å²) in [7, 11) is 0. The number of aromatic nitrogens is 2. The molecule has 0 amide bonds. The molecule has 0 aliphatic heterocycles. The third kappa shape index (κ3) is 3.63. The Kier molecular flexibility index (Phi) is 4.81. The maximum absolute atomic E-state index is 12.3. The van der Waals surface area contributed by atoms with Crippen molar-refractivity contribution in [1.29, 1.82) is 0 Å². The zero-order valence-electron chi connectivity index (χ0n) is 14.3. The van der Waals surface area contributed by atoms with E-state index in [1.54, 1.807) is 0 Å². The summed E-state index contributed by atoms with van der Waals surface area (Å²) in [5.41, 5.74) is 1.83. The van der Waals surface area contributed by atoms with Crippen LogP contribution in [0.25, 0.3) is 10.9 Å². The summed E-state index contributed by atoms with van der Waals surface area (Å²) < 4.78 is 6.01. The van der Waals surface area contributed by atoms with Crippen molar-refractivity contribution in [3.05, 3.63) is 39.9 Å². The van der Waals surface area contributed by atoms with Gasteiger partial charge in [0.05, 0.1) is 17.0 Å². The van der Waals surface area contributed by atoms with Crippen molar-refractivity contribution < 1.29 is 4.74 Å². The molecule has 124 valence electrons. The van der Waals surface area contributed by atoms with Gasteiger partial charge in [-0.25, -0.2) is 4.98 Å². The first kappa shape index (κ1) is 16.2. The van der Waals surface area contributed by atoms with Crippen LogP contribution in [0, 0.1) is 5.92 Å². The third-order valence-corrected chi connectivity index (χ3v) is 4.91. The third-order valence-electron chi connectivity index (χ3n) is 4.91. The molecule has 0 bridgehead atoms. The van der Waals surface area contributed by atoms with E-state index in [2.05, 4.69) is 30.7 Å². The molecule has 0 spiro atoms. The Hall–Kier alpha value is -1.68. The molecule has 1 saturated carbocycles. The zero-order chi connectivity index (χ0) is 16.4. The summed E-state index contributed by atoms with van der Waals surface area (Å²) in [6, 6.07) is 5.93. The van der Waals surface area contributed by atoms with Crippen molar-refractivity contribution >= 4 is 10.9 Å². The standard InChI is InChI=1S/C19H26N2O2/c1-12(2)14-8-9-16-15(10-14)19(22)21-18(20-16)11-23-17-7-5-4-6-13(17)3/h8-10,12-13,17H,4-7,11H2,1-3H3,(H,20,21,22). The van der Waals surface area contributed by atoms with Crippen molar-refractivity contribution in [2.24, 2.45) is 5.92 Å². The fourth-order valence-corrected chi connectivity index (χ4v) is 3.35. The molecule has 0 radical (unpaired) electrons. The first-order valence-corrected chi connectivity index (χ1v) is 8.69. The number of hydrogen-bond acceptors (Lipinski definition) is 3. The van der Waals surface area contributed by atoms with Gasteiger partial charge in [0.1, 0.15) is 12.4 Å². The van der Waals surface area contributed by atoms with E-state index < -0.39 is 0 Å². The van der Waals surface area contributed by atoms with Gasteiger partial charge in [-0.1, -0.05) is 39.7 Å². The molecule has 1 aliphatic carbocycles. The van der Waals surface area contributed by atoms with Gasteiger partial charge in [0.15, 0.2) is 0 Å². The summed E-state index contributed by atoms with van der Waals surface area (Å²) >= 11 is 0. The first-order chi connectivity index (χ1) is 11.0. The van der Waals surface area contributed by atoms with Crippen molar-refractivity contribution in [2.45, 2.75) is 65.1 Å². The Balaban J connectivity index is 1.79. The molecule has 0 saturated heterocycles. The number of nitrogens with one attached hydrogen (secondary N) is 1. The summed E-state index contributed by atoms with van der Waals surface area (Å²) in [5, 5.41) is 0.658. The van der Waals surface area contributed by atoms with Crippen LogP contribution in [0.1, 0.15) is 63.8 Å². The van der Waals surface area contributed by atoms with Gasteiger partial charge in [-0.15, -0.1) is 0 Å². The molecule has 1 aliphatic rings. The Morgan fingerprint density at radius 3 is 2.83 bits per heavy atom. The van der Waals surface area contributed by atoms with E-state index in [0.29, 0.717) is 29.7 Å². The number of H-pyrrole nitrogens is 1. The Morgan fingerprint density at radius 1 is 1.30 bits per heavy atom. The number of fused-ring (bicyclic) bond motifs is 1. The second kappa shape index (κ2) is 6.83. The van der Waals surface area contributed by atoms with Crippen LogP contribution in [0.2, 0.25) is 0 Å². The lowest BCUT2D eigenvalue weighted by molar-refractivity contribution is -0.0181.